The van der Waals surface area contributed by atoms with Crippen LogP contribution in [0.15, 0.2) is 71.9 Å². The summed E-state index contributed by atoms with van der Waals surface area (Å²) in [4.78, 5) is 15.1. The molecule has 1 amide bonds. The number of nitrogens with zero attached hydrogens (tertiary/aromatic N) is 4. The van der Waals surface area contributed by atoms with Crippen LogP contribution < -0.4 is 4.31 Å². The molecule has 5 rings (SSSR count). The van der Waals surface area contributed by atoms with Crippen molar-refractivity contribution in [1.29, 1.82) is 0 Å². The number of piperidine rings is 1. The van der Waals surface area contributed by atoms with Crippen LogP contribution in [0.1, 0.15) is 34.8 Å². The fourth-order valence-electron chi connectivity index (χ4n) is 4.51. The van der Waals surface area contributed by atoms with E-state index in [-0.39, 0.29) is 16.8 Å². The lowest BCUT2D eigenvalue weighted by atomic mass is 10.0. The molecule has 3 heterocycles. The Balaban J connectivity index is 1.39. The molecule has 1 fully saturated rings. The fraction of sp³-hybridized carbons (Fsp3) is 0.304. The number of fused-ring (bicyclic) bond motifs is 1. The Morgan fingerprint density at radius 1 is 1.03 bits per heavy atom. The summed E-state index contributed by atoms with van der Waals surface area (Å²) >= 11 is 0. The molecule has 0 N–H and O–H groups in total. The molecule has 0 bridgehead atoms. The molecule has 0 radical (unpaired) electrons. The average molecular weight is 437 g/mol. The Labute approximate surface area is 182 Å². The first kappa shape index (κ1) is 19.8. The van der Waals surface area contributed by atoms with Gasteiger partial charge in [-0.3, -0.25) is 13.8 Å². The van der Waals surface area contributed by atoms with Crippen LogP contribution in [0.25, 0.3) is 0 Å². The summed E-state index contributed by atoms with van der Waals surface area (Å²) in [5.74, 6) is -0.143. The largest absolute Gasteiger partial charge is 0.337 e. The number of aromatic nitrogens is 2. The first-order chi connectivity index (χ1) is 15.0. The summed E-state index contributed by atoms with van der Waals surface area (Å²) in [6.45, 7) is 1.64. The highest BCUT2D eigenvalue weighted by atomic mass is 32.2. The van der Waals surface area contributed by atoms with Gasteiger partial charge < -0.3 is 4.90 Å². The first-order valence-electron chi connectivity index (χ1n) is 10.5. The smallest absolute Gasteiger partial charge is 0.264 e. The molecule has 1 atom stereocenters. The molecule has 1 unspecified atom stereocenters. The number of likely N-dealkylation sites (tertiary alicyclic amines) is 1. The zero-order valence-corrected chi connectivity index (χ0v) is 17.9. The molecule has 160 valence electrons. The molecule has 3 aromatic rings. The summed E-state index contributed by atoms with van der Waals surface area (Å²) in [6.07, 6.45) is 6.20. The highest BCUT2D eigenvalue weighted by Gasteiger charge is 2.32. The second-order valence-corrected chi connectivity index (χ2v) is 9.88. The molecule has 7 nitrogen and oxygen atoms in total. The molecule has 1 saturated heterocycles. The van der Waals surface area contributed by atoms with Gasteiger partial charge in [-0.15, -0.1) is 0 Å². The summed E-state index contributed by atoms with van der Waals surface area (Å²) in [7, 11) is -3.74. The number of amides is 1. The summed E-state index contributed by atoms with van der Waals surface area (Å²) < 4.78 is 30.0. The number of rotatable bonds is 4. The third kappa shape index (κ3) is 3.61. The third-order valence-electron chi connectivity index (χ3n) is 6.10. The summed E-state index contributed by atoms with van der Waals surface area (Å²) in [5, 5.41) is 4.31. The van der Waals surface area contributed by atoms with Gasteiger partial charge in [0.05, 0.1) is 16.6 Å². The van der Waals surface area contributed by atoms with E-state index in [0.29, 0.717) is 31.6 Å². The maximum atomic E-state index is 13.3. The molecule has 31 heavy (non-hydrogen) atoms. The predicted octanol–water partition coefficient (Wildman–Crippen LogP) is 3.11. The van der Waals surface area contributed by atoms with Gasteiger partial charge in [0.15, 0.2) is 0 Å². The van der Waals surface area contributed by atoms with E-state index in [4.69, 9.17) is 0 Å². The van der Waals surface area contributed by atoms with Crippen LogP contribution in [-0.4, -0.2) is 48.6 Å². The van der Waals surface area contributed by atoms with Crippen LogP contribution in [0.2, 0.25) is 0 Å². The number of hydrogen-bond acceptors (Lipinski definition) is 4. The van der Waals surface area contributed by atoms with Gasteiger partial charge >= 0.3 is 0 Å². The van der Waals surface area contributed by atoms with E-state index in [1.165, 1.54) is 10.4 Å². The van der Waals surface area contributed by atoms with E-state index >= 15 is 0 Å². The lowest BCUT2D eigenvalue weighted by Gasteiger charge is -2.33. The van der Waals surface area contributed by atoms with Crippen molar-refractivity contribution in [3.05, 3.63) is 78.1 Å². The van der Waals surface area contributed by atoms with Crippen LogP contribution in [-0.2, 0) is 16.4 Å². The van der Waals surface area contributed by atoms with Crippen molar-refractivity contribution >= 4 is 21.6 Å². The Hall–Kier alpha value is -3.13. The zero-order chi connectivity index (χ0) is 21.4. The van der Waals surface area contributed by atoms with E-state index in [1.54, 1.807) is 29.3 Å². The van der Waals surface area contributed by atoms with Gasteiger partial charge in [0.2, 0.25) is 0 Å². The van der Waals surface area contributed by atoms with Gasteiger partial charge in [-0.2, -0.15) is 5.10 Å². The second kappa shape index (κ2) is 7.85. The second-order valence-electron chi connectivity index (χ2n) is 8.02. The van der Waals surface area contributed by atoms with Crippen molar-refractivity contribution in [2.45, 2.75) is 30.2 Å². The standard InChI is InChI=1S/C23H24N4O3S/c28-23(25-13-4-8-20(17-25)26-14-5-12-24-26)19-7-3-9-21(16-19)31(29,30)27-15-11-18-6-1-2-10-22(18)27/h1-3,5-7,9-10,12,14,16,20H,4,8,11,13,15,17H2. The number of sulfonamides is 1. The van der Waals surface area contributed by atoms with Crippen LogP contribution >= 0.6 is 0 Å². The number of para-hydroxylation sites is 1. The highest BCUT2D eigenvalue weighted by molar-refractivity contribution is 7.92. The Bertz CT molecular complexity index is 1210. The first-order valence-corrected chi connectivity index (χ1v) is 12.0. The summed E-state index contributed by atoms with van der Waals surface area (Å²) in [5.41, 5.74) is 2.14. The van der Waals surface area contributed by atoms with Crippen molar-refractivity contribution in [3.63, 3.8) is 0 Å². The Morgan fingerprint density at radius 3 is 2.74 bits per heavy atom. The molecule has 8 heteroatoms. The normalized spacial score (nSPS) is 18.8. The van der Waals surface area contributed by atoms with Gasteiger partial charge in [-0.05, 0) is 55.2 Å². The van der Waals surface area contributed by atoms with Gasteiger partial charge in [0.1, 0.15) is 0 Å². The zero-order valence-electron chi connectivity index (χ0n) is 17.1. The van der Waals surface area contributed by atoms with E-state index in [0.717, 1.165) is 24.1 Å². The number of benzene rings is 2. The van der Waals surface area contributed by atoms with Gasteiger partial charge in [0.25, 0.3) is 15.9 Å². The van der Waals surface area contributed by atoms with E-state index in [1.807, 2.05) is 41.2 Å². The van der Waals surface area contributed by atoms with Gasteiger partial charge in [-0.1, -0.05) is 24.3 Å². The fourth-order valence-corrected chi connectivity index (χ4v) is 6.06. The molecule has 0 aliphatic carbocycles. The Kier molecular flexibility index (Phi) is 5.02. The van der Waals surface area contributed by atoms with Crippen LogP contribution in [0, 0.1) is 0 Å². The van der Waals surface area contributed by atoms with Crippen molar-refractivity contribution in [1.82, 2.24) is 14.7 Å². The third-order valence-corrected chi connectivity index (χ3v) is 7.91. The molecule has 2 aliphatic rings. The monoisotopic (exact) mass is 436 g/mol. The maximum Gasteiger partial charge on any atom is 0.264 e. The maximum absolute atomic E-state index is 13.3. The van der Waals surface area contributed by atoms with Crippen molar-refractivity contribution in [2.24, 2.45) is 0 Å². The van der Waals surface area contributed by atoms with Crippen molar-refractivity contribution in [2.75, 3.05) is 23.9 Å². The minimum Gasteiger partial charge on any atom is -0.337 e. The number of carbonyl (C=O) groups excluding carboxylic acids is 1. The molecule has 2 aliphatic heterocycles. The molecule has 1 aromatic heterocycles. The molecule has 0 saturated carbocycles. The average Bonchev–Trinajstić information content (AvgIpc) is 3.49. The molecule has 2 aromatic carbocycles. The summed E-state index contributed by atoms with van der Waals surface area (Å²) in [6, 6.07) is 16.0. The number of anilines is 1. The highest BCUT2D eigenvalue weighted by Crippen LogP contribution is 2.33. The van der Waals surface area contributed by atoms with E-state index in [2.05, 4.69) is 5.10 Å². The Morgan fingerprint density at radius 2 is 1.90 bits per heavy atom. The van der Waals surface area contributed by atoms with Crippen LogP contribution in [0.4, 0.5) is 5.69 Å². The predicted molar refractivity (Wildman–Crippen MR) is 118 cm³/mol. The van der Waals surface area contributed by atoms with Crippen molar-refractivity contribution in [3.8, 4) is 0 Å². The lowest BCUT2D eigenvalue weighted by molar-refractivity contribution is 0.0672. The van der Waals surface area contributed by atoms with Crippen LogP contribution in [0.5, 0.6) is 0 Å². The van der Waals surface area contributed by atoms with Crippen LogP contribution in [0.3, 0.4) is 0 Å². The lowest BCUT2D eigenvalue weighted by Crippen LogP contribution is -2.41. The quantitative estimate of drug-likeness (QED) is 0.630. The number of hydrogen-bond donors (Lipinski definition) is 0. The minimum absolute atomic E-state index is 0.140. The van der Waals surface area contributed by atoms with Gasteiger partial charge in [-0.25, -0.2) is 8.42 Å². The van der Waals surface area contributed by atoms with Gasteiger partial charge in [0, 0.05) is 37.6 Å². The van der Waals surface area contributed by atoms with Crippen molar-refractivity contribution < 1.29 is 13.2 Å². The molecular weight excluding hydrogens is 412 g/mol. The SMILES string of the molecule is O=C(c1cccc(S(=O)(=O)N2CCc3ccccc32)c1)N1CCCC(n2cccn2)C1. The minimum atomic E-state index is -3.74. The van der Waals surface area contributed by atoms with E-state index in [9.17, 15) is 13.2 Å². The number of carbonyl (C=O) groups is 1. The molecular formula is C23H24N4O3S. The topological polar surface area (TPSA) is 75.5 Å². The molecule has 0 spiro atoms. The van der Waals surface area contributed by atoms with E-state index < -0.39 is 10.0 Å².